The molecule has 92 valence electrons. The van der Waals surface area contributed by atoms with Crippen molar-refractivity contribution in [3.05, 3.63) is 0 Å². The Morgan fingerprint density at radius 2 is 2.31 bits per heavy atom. The van der Waals surface area contributed by atoms with Gasteiger partial charge in [0.15, 0.2) is 0 Å². The maximum absolute atomic E-state index is 11.8. The highest BCUT2D eigenvalue weighted by Crippen LogP contribution is 2.42. The molecule has 1 atom stereocenters. The molecule has 3 N–H and O–H groups in total. The summed E-state index contributed by atoms with van der Waals surface area (Å²) < 4.78 is 0. The third kappa shape index (κ3) is 2.92. The maximum Gasteiger partial charge on any atom is 0.220 e. The fourth-order valence-electron chi connectivity index (χ4n) is 2.54. The van der Waals surface area contributed by atoms with Gasteiger partial charge in [-0.1, -0.05) is 6.42 Å². The van der Waals surface area contributed by atoms with Crippen LogP contribution in [-0.4, -0.2) is 30.5 Å². The molecule has 0 radical (unpaired) electrons. The molecule has 0 aromatic heterocycles. The lowest BCUT2D eigenvalue weighted by Crippen LogP contribution is -2.42. The predicted octanol–water partition coefficient (Wildman–Crippen LogP) is 1.37. The molecule has 1 aliphatic heterocycles. The summed E-state index contributed by atoms with van der Waals surface area (Å²) in [7, 11) is 0. The van der Waals surface area contributed by atoms with Gasteiger partial charge in [-0.2, -0.15) is 11.8 Å². The maximum atomic E-state index is 11.8. The van der Waals surface area contributed by atoms with Crippen LogP contribution in [0.1, 0.15) is 32.1 Å². The molecule has 2 fully saturated rings. The fraction of sp³-hybridized carbons (Fsp3) is 0.917. The summed E-state index contributed by atoms with van der Waals surface area (Å²) in [5.41, 5.74) is 5.90. The first-order chi connectivity index (χ1) is 7.74. The van der Waals surface area contributed by atoms with Crippen LogP contribution < -0.4 is 11.1 Å². The zero-order chi connectivity index (χ0) is 11.4. The summed E-state index contributed by atoms with van der Waals surface area (Å²) in [5, 5.41) is 3.07. The Balaban J connectivity index is 1.67. The molecule has 1 heterocycles. The van der Waals surface area contributed by atoms with E-state index in [9.17, 15) is 4.79 Å². The SMILES string of the molecule is NCC1(CC(=O)NCC2CCSC2)CCC1. The van der Waals surface area contributed by atoms with E-state index < -0.39 is 0 Å². The van der Waals surface area contributed by atoms with Gasteiger partial charge in [0, 0.05) is 13.0 Å². The lowest BCUT2D eigenvalue weighted by molar-refractivity contribution is -0.124. The molecule has 0 aromatic carbocycles. The summed E-state index contributed by atoms with van der Waals surface area (Å²) in [5.74, 6) is 3.38. The molecule has 16 heavy (non-hydrogen) atoms. The van der Waals surface area contributed by atoms with Crippen molar-refractivity contribution in [3.63, 3.8) is 0 Å². The summed E-state index contributed by atoms with van der Waals surface area (Å²) in [6.07, 6.45) is 5.41. The Morgan fingerprint density at radius 3 is 2.81 bits per heavy atom. The van der Waals surface area contributed by atoms with Crippen molar-refractivity contribution < 1.29 is 4.79 Å². The molecular formula is C12H22N2OS. The van der Waals surface area contributed by atoms with Crippen molar-refractivity contribution in [3.8, 4) is 0 Å². The molecule has 0 spiro atoms. The van der Waals surface area contributed by atoms with Gasteiger partial charge >= 0.3 is 0 Å². The molecule has 4 heteroatoms. The van der Waals surface area contributed by atoms with E-state index in [1.54, 1.807) is 0 Å². The molecule has 1 saturated carbocycles. The Kier molecular flexibility index (Phi) is 4.14. The van der Waals surface area contributed by atoms with Gasteiger partial charge in [0.1, 0.15) is 0 Å². The zero-order valence-corrected chi connectivity index (χ0v) is 10.7. The summed E-state index contributed by atoms with van der Waals surface area (Å²) in [6.45, 7) is 1.53. The highest BCUT2D eigenvalue weighted by Gasteiger charge is 2.37. The lowest BCUT2D eigenvalue weighted by Gasteiger charge is -2.40. The van der Waals surface area contributed by atoms with Gasteiger partial charge in [0.25, 0.3) is 0 Å². The number of amides is 1. The van der Waals surface area contributed by atoms with Gasteiger partial charge in [0.05, 0.1) is 0 Å². The van der Waals surface area contributed by atoms with E-state index in [2.05, 4.69) is 5.32 Å². The van der Waals surface area contributed by atoms with Crippen LogP contribution in [0.25, 0.3) is 0 Å². The van der Waals surface area contributed by atoms with Crippen molar-refractivity contribution in [2.45, 2.75) is 32.1 Å². The van der Waals surface area contributed by atoms with Crippen LogP contribution >= 0.6 is 11.8 Å². The number of hydrogen-bond donors (Lipinski definition) is 2. The van der Waals surface area contributed by atoms with Crippen molar-refractivity contribution in [1.29, 1.82) is 0 Å². The molecule has 0 aromatic rings. The average molecular weight is 242 g/mol. The van der Waals surface area contributed by atoms with Crippen LogP contribution in [0.3, 0.4) is 0 Å². The monoisotopic (exact) mass is 242 g/mol. The first-order valence-electron chi connectivity index (χ1n) is 6.29. The smallest absolute Gasteiger partial charge is 0.220 e. The molecule has 2 aliphatic rings. The average Bonchev–Trinajstić information content (AvgIpc) is 2.73. The third-order valence-corrected chi connectivity index (χ3v) is 5.23. The minimum Gasteiger partial charge on any atom is -0.356 e. The second kappa shape index (κ2) is 5.41. The van der Waals surface area contributed by atoms with Gasteiger partial charge in [0.2, 0.25) is 5.91 Å². The predicted molar refractivity (Wildman–Crippen MR) is 68.4 cm³/mol. The number of carbonyl (C=O) groups is 1. The number of carbonyl (C=O) groups excluding carboxylic acids is 1. The number of rotatable bonds is 5. The van der Waals surface area contributed by atoms with E-state index in [0.717, 1.165) is 19.4 Å². The minimum absolute atomic E-state index is 0.147. The summed E-state index contributed by atoms with van der Waals surface area (Å²) in [4.78, 5) is 11.8. The van der Waals surface area contributed by atoms with E-state index in [0.29, 0.717) is 18.9 Å². The topological polar surface area (TPSA) is 55.1 Å². The molecule has 3 nitrogen and oxygen atoms in total. The molecule has 2 rings (SSSR count). The van der Waals surface area contributed by atoms with Crippen LogP contribution in [-0.2, 0) is 4.79 Å². The van der Waals surface area contributed by atoms with Gasteiger partial charge in [-0.3, -0.25) is 4.79 Å². The standard InChI is InChI=1S/C12H22N2OS/c13-9-12(3-1-4-12)6-11(15)14-7-10-2-5-16-8-10/h10H,1-9,13H2,(H,14,15). The van der Waals surface area contributed by atoms with Gasteiger partial charge in [-0.15, -0.1) is 0 Å². The van der Waals surface area contributed by atoms with Gasteiger partial charge in [-0.05, 0) is 48.6 Å². The number of nitrogens with two attached hydrogens (primary N) is 1. The summed E-state index contributed by atoms with van der Waals surface area (Å²) >= 11 is 2.00. The number of thioether (sulfide) groups is 1. The lowest BCUT2D eigenvalue weighted by atomic mass is 9.66. The quantitative estimate of drug-likeness (QED) is 0.765. The number of hydrogen-bond acceptors (Lipinski definition) is 3. The normalized spacial score (nSPS) is 27.4. The second-order valence-electron chi connectivity index (χ2n) is 5.27. The largest absolute Gasteiger partial charge is 0.356 e. The Morgan fingerprint density at radius 1 is 1.50 bits per heavy atom. The van der Waals surface area contributed by atoms with E-state index in [4.69, 9.17) is 5.73 Å². The van der Waals surface area contributed by atoms with Gasteiger partial charge in [-0.25, -0.2) is 0 Å². The van der Waals surface area contributed by atoms with Crippen LogP contribution in [0.4, 0.5) is 0 Å². The fourth-order valence-corrected chi connectivity index (χ4v) is 3.82. The first-order valence-corrected chi connectivity index (χ1v) is 7.44. The van der Waals surface area contributed by atoms with Crippen molar-refractivity contribution in [2.75, 3.05) is 24.6 Å². The molecule has 1 aliphatic carbocycles. The van der Waals surface area contributed by atoms with Crippen LogP contribution in [0, 0.1) is 11.3 Å². The molecule has 0 bridgehead atoms. The van der Waals surface area contributed by atoms with Crippen molar-refractivity contribution >= 4 is 17.7 Å². The highest BCUT2D eigenvalue weighted by atomic mass is 32.2. The second-order valence-corrected chi connectivity index (χ2v) is 6.42. The summed E-state index contributed by atoms with van der Waals surface area (Å²) in [6, 6.07) is 0. The Bertz CT molecular complexity index is 242. The van der Waals surface area contributed by atoms with Crippen molar-refractivity contribution in [2.24, 2.45) is 17.1 Å². The molecule has 1 saturated heterocycles. The van der Waals surface area contributed by atoms with Crippen molar-refractivity contribution in [1.82, 2.24) is 5.32 Å². The van der Waals surface area contributed by atoms with Crippen LogP contribution in [0.5, 0.6) is 0 Å². The highest BCUT2D eigenvalue weighted by molar-refractivity contribution is 7.99. The minimum atomic E-state index is 0.147. The van der Waals surface area contributed by atoms with E-state index in [1.165, 1.54) is 24.3 Å². The Hall–Kier alpha value is -0.220. The van der Waals surface area contributed by atoms with E-state index in [-0.39, 0.29) is 11.3 Å². The van der Waals surface area contributed by atoms with Crippen LogP contribution in [0.15, 0.2) is 0 Å². The van der Waals surface area contributed by atoms with Crippen LogP contribution in [0.2, 0.25) is 0 Å². The molecular weight excluding hydrogens is 220 g/mol. The van der Waals surface area contributed by atoms with E-state index >= 15 is 0 Å². The number of nitrogens with one attached hydrogen (secondary N) is 1. The van der Waals surface area contributed by atoms with Gasteiger partial charge < -0.3 is 11.1 Å². The first kappa shape index (κ1) is 12.2. The zero-order valence-electron chi connectivity index (χ0n) is 9.84. The molecule has 1 unspecified atom stereocenters. The molecule has 1 amide bonds. The third-order valence-electron chi connectivity index (χ3n) is 3.99. The van der Waals surface area contributed by atoms with E-state index in [1.807, 2.05) is 11.8 Å². The Labute approximate surface area is 102 Å².